The molecule has 2 fully saturated rings. The van der Waals surface area contributed by atoms with E-state index in [1.807, 2.05) is 13.0 Å². The number of carbonyl (C=O) groups is 4. The van der Waals surface area contributed by atoms with E-state index >= 15 is 0 Å². The zero-order valence-electron chi connectivity index (χ0n) is 29.2. The number of aryl methyl sites for hydroxylation is 2. The highest BCUT2D eigenvalue weighted by Crippen LogP contribution is 2.59. The lowest BCUT2D eigenvalue weighted by Crippen LogP contribution is -2.45. The Bertz CT molecular complexity index is 2050. The molecule has 1 unspecified atom stereocenters. The fourth-order valence-electron chi connectivity index (χ4n) is 8.17. The van der Waals surface area contributed by atoms with Gasteiger partial charge in [-0.1, -0.05) is 43.5 Å². The maximum atomic E-state index is 14.9. The molecule has 4 aromatic rings. The van der Waals surface area contributed by atoms with Crippen LogP contribution in [0.2, 0.25) is 5.02 Å². The van der Waals surface area contributed by atoms with E-state index in [9.17, 15) is 23.6 Å². The molecule has 0 spiro atoms. The van der Waals surface area contributed by atoms with Gasteiger partial charge in [-0.2, -0.15) is 5.10 Å². The molecule has 2 aromatic heterocycles. The minimum atomic E-state index is -0.738. The molecule has 2 aromatic carbocycles. The molecule has 1 saturated heterocycles. The van der Waals surface area contributed by atoms with Crippen molar-refractivity contribution in [1.29, 1.82) is 0 Å². The van der Waals surface area contributed by atoms with Gasteiger partial charge in [0.15, 0.2) is 11.6 Å². The van der Waals surface area contributed by atoms with Crippen LogP contribution in [0, 0.1) is 18.2 Å². The summed E-state index contributed by atoms with van der Waals surface area (Å²) in [7, 11) is 0. The first kappa shape index (κ1) is 34.9. The van der Waals surface area contributed by atoms with Crippen LogP contribution in [0.15, 0.2) is 42.7 Å². The number of amides is 2. The van der Waals surface area contributed by atoms with Gasteiger partial charge in [0, 0.05) is 61.1 Å². The highest BCUT2D eigenvalue weighted by Gasteiger charge is 2.66. The second-order valence-corrected chi connectivity index (χ2v) is 15.0. The normalized spacial score (nSPS) is 23.0. The largest absolute Gasteiger partial charge is 0.355 e. The molecule has 266 valence electrons. The number of Topliss-reactive ketones (excluding diaryl/α,β-unsaturated/α-hetero) is 2. The van der Waals surface area contributed by atoms with Crippen LogP contribution in [0.5, 0.6) is 0 Å². The molecule has 1 saturated carbocycles. The predicted molar refractivity (Wildman–Crippen MR) is 191 cm³/mol. The topological polar surface area (TPSA) is 127 Å². The average Bonchev–Trinajstić information content (AvgIpc) is 3.51. The van der Waals surface area contributed by atoms with Gasteiger partial charge in [0.1, 0.15) is 23.9 Å². The van der Waals surface area contributed by atoms with E-state index in [0.29, 0.717) is 49.0 Å². The number of rotatable bonds is 6. The van der Waals surface area contributed by atoms with Crippen LogP contribution in [-0.4, -0.2) is 66.7 Å². The number of aromatic nitrogens is 4. The zero-order valence-corrected chi connectivity index (χ0v) is 29.9. The fourth-order valence-corrected chi connectivity index (χ4v) is 8.35. The molecule has 0 radical (unpaired) electrons. The Hall–Kier alpha value is -4.51. The number of piperidine rings is 1. The first-order chi connectivity index (χ1) is 24.5. The van der Waals surface area contributed by atoms with Crippen molar-refractivity contribution in [3.05, 3.63) is 76.2 Å². The Morgan fingerprint density at radius 2 is 1.80 bits per heavy atom. The summed E-state index contributed by atoms with van der Waals surface area (Å²) in [6, 6.07) is 7.78. The SMILES string of the molecule is CC(=O)c1nn2c3c(cc(-c4cnc(C)nc4)cc13)CCCCCCC(=O)NC[C@@]13CC(C(=O)C[C@H](C)c4cccc(Cl)c4F)N(C(=O)C2)[C@@H]1C3. The molecule has 4 atom stereocenters. The molecule has 4 heterocycles. The van der Waals surface area contributed by atoms with Crippen LogP contribution < -0.4 is 5.32 Å². The molecular weight excluding hydrogens is 671 g/mol. The van der Waals surface area contributed by atoms with E-state index in [0.717, 1.165) is 47.9 Å². The molecule has 12 heteroatoms. The van der Waals surface area contributed by atoms with Gasteiger partial charge in [0.2, 0.25) is 11.8 Å². The molecule has 2 amide bonds. The van der Waals surface area contributed by atoms with E-state index in [1.165, 1.54) is 13.0 Å². The molecule has 1 N–H and O–H groups in total. The minimum Gasteiger partial charge on any atom is -0.355 e. The minimum absolute atomic E-state index is 0.00450. The van der Waals surface area contributed by atoms with Crippen LogP contribution >= 0.6 is 11.6 Å². The van der Waals surface area contributed by atoms with Gasteiger partial charge < -0.3 is 10.2 Å². The summed E-state index contributed by atoms with van der Waals surface area (Å²) in [5.41, 5.74) is 3.55. The van der Waals surface area contributed by atoms with Crippen molar-refractivity contribution < 1.29 is 23.6 Å². The summed E-state index contributed by atoms with van der Waals surface area (Å²) < 4.78 is 16.6. The molecule has 10 nitrogen and oxygen atoms in total. The summed E-state index contributed by atoms with van der Waals surface area (Å²) in [6.07, 6.45) is 9.13. The van der Waals surface area contributed by atoms with Crippen LogP contribution in [0.3, 0.4) is 0 Å². The number of nitrogens with zero attached hydrogens (tertiary/aromatic N) is 5. The molecular formula is C39H42ClFN6O4. The van der Waals surface area contributed by atoms with Gasteiger partial charge in [-0.05, 0) is 79.8 Å². The van der Waals surface area contributed by atoms with Gasteiger partial charge in [-0.25, -0.2) is 14.4 Å². The Morgan fingerprint density at radius 3 is 2.55 bits per heavy atom. The van der Waals surface area contributed by atoms with Crippen LogP contribution in [0.1, 0.15) is 98.6 Å². The number of benzene rings is 2. The van der Waals surface area contributed by atoms with Crippen molar-refractivity contribution in [1.82, 2.24) is 30.0 Å². The van der Waals surface area contributed by atoms with Crippen molar-refractivity contribution in [2.75, 3.05) is 6.54 Å². The lowest BCUT2D eigenvalue weighted by Gasteiger charge is -2.28. The van der Waals surface area contributed by atoms with Crippen molar-refractivity contribution in [3.8, 4) is 11.1 Å². The van der Waals surface area contributed by atoms with Gasteiger partial charge in [0.05, 0.1) is 16.6 Å². The maximum absolute atomic E-state index is 14.9. The van der Waals surface area contributed by atoms with E-state index in [-0.39, 0.29) is 53.1 Å². The Balaban J connectivity index is 1.26. The molecule has 1 aliphatic carbocycles. The Labute approximate surface area is 301 Å². The molecule has 2 bridgehead atoms. The smallest absolute Gasteiger partial charge is 0.245 e. The zero-order chi connectivity index (χ0) is 36.0. The molecule has 7 rings (SSSR count). The van der Waals surface area contributed by atoms with Crippen LogP contribution in [0.25, 0.3) is 22.0 Å². The predicted octanol–water partition coefficient (Wildman–Crippen LogP) is 6.54. The van der Waals surface area contributed by atoms with Gasteiger partial charge >= 0.3 is 0 Å². The first-order valence-electron chi connectivity index (χ1n) is 17.8. The lowest BCUT2D eigenvalue weighted by molar-refractivity contribution is -0.139. The summed E-state index contributed by atoms with van der Waals surface area (Å²) in [5, 5.41) is 8.48. The summed E-state index contributed by atoms with van der Waals surface area (Å²) in [4.78, 5) is 64.9. The monoisotopic (exact) mass is 712 g/mol. The van der Waals surface area contributed by atoms with Crippen molar-refractivity contribution >= 4 is 45.9 Å². The molecule has 3 aliphatic rings. The number of hydrogen-bond acceptors (Lipinski definition) is 7. The average molecular weight is 713 g/mol. The van der Waals surface area contributed by atoms with Crippen molar-refractivity contribution in [3.63, 3.8) is 0 Å². The Kier molecular flexibility index (Phi) is 9.52. The highest BCUT2D eigenvalue weighted by molar-refractivity contribution is 6.30. The summed E-state index contributed by atoms with van der Waals surface area (Å²) >= 11 is 6.05. The van der Waals surface area contributed by atoms with Crippen molar-refractivity contribution in [2.45, 2.75) is 103 Å². The number of ketones is 2. The highest BCUT2D eigenvalue weighted by atomic mass is 35.5. The third-order valence-corrected chi connectivity index (χ3v) is 11.3. The second kappa shape index (κ2) is 13.9. The second-order valence-electron chi connectivity index (χ2n) is 14.6. The number of halogens is 2. The van der Waals surface area contributed by atoms with Crippen LogP contribution in [-0.2, 0) is 27.3 Å². The van der Waals surface area contributed by atoms with Crippen LogP contribution in [0.4, 0.5) is 4.39 Å². The third kappa shape index (κ3) is 6.80. The maximum Gasteiger partial charge on any atom is 0.245 e. The first-order valence-corrected chi connectivity index (χ1v) is 18.2. The standard InChI is InChI=1S/C39H42ClFN6O4/c1-22(28-10-8-11-30(40)36(28)41)13-32(49)31-16-39-17-33(39)47(31)35(51)20-46-38-25(9-6-4-5-7-12-34(50)44-21-39)14-26(27-18-42-24(3)43-19-27)15-29(38)37(45-46)23(2)48/h8,10-11,14-15,18-19,22,31,33H,4-7,9,12-13,16-17,20-21H2,1-3H3,(H,44,50)/t22-,31?,33+,39-/m0/s1. The van der Waals surface area contributed by atoms with Gasteiger partial charge in [0.25, 0.3) is 0 Å². The number of nitrogens with one attached hydrogen (secondary N) is 1. The van der Waals surface area contributed by atoms with Crippen molar-refractivity contribution in [2.24, 2.45) is 5.41 Å². The fraction of sp³-hybridized carbons (Fsp3) is 0.462. The molecule has 51 heavy (non-hydrogen) atoms. The van der Waals surface area contributed by atoms with Gasteiger partial charge in [-0.3, -0.25) is 23.9 Å². The van der Waals surface area contributed by atoms with Gasteiger partial charge in [-0.15, -0.1) is 0 Å². The van der Waals surface area contributed by atoms with E-state index in [1.54, 1.807) is 41.0 Å². The summed E-state index contributed by atoms with van der Waals surface area (Å²) in [5.74, 6) is -1.05. The summed E-state index contributed by atoms with van der Waals surface area (Å²) in [6.45, 7) is 5.30. The number of carbonyl (C=O) groups excluding carboxylic acids is 4. The number of hydrogen-bond donors (Lipinski definition) is 1. The Morgan fingerprint density at radius 1 is 1.06 bits per heavy atom. The van der Waals surface area contributed by atoms with E-state index < -0.39 is 23.2 Å². The van der Waals surface area contributed by atoms with E-state index in [4.69, 9.17) is 16.7 Å². The third-order valence-electron chi connectivity index (χ3n) is 11.0. The quantitative estimate of drug-likeness (QED) is 0.225. The molecule has 2 aliphatic heterocycles. The van der Waals surface area contributed by atoms with E-state index in [2.05, 4.69) is 21.4 Å². The lowest BCUT2D eigenvalue weighted by atomic mass is 9.89.